The Bertz CT molecular complexity index is 901. The van der Waals surface area contributed by atoms with Gasteiger partial charge in [0.15, 0.2) is 0 Å². The molecule has 2 heterocycles. The van der Waals surface area contributed by atoms with Gasteiger partial charge in [-0.3, -0.25) is 25.0 Å². The molecule has 0 saturated carbocycles. The van der Waals surface area contributed by atoms with Crippen molar-refractivity contribution in [3.63, 3.8) is 0 Å². The number of halogens is 1. The van der Waals surface area contributed by atoms with Crippen LogP contribution in [0.25, 0.3) is 11.8 Å². The molecular formula is C17H13FN4O2S. The highest BCUT2D eigenvalue weighted by Crippen LogP contribution is 2.12. The van der Waals surface area contributed by atoms with Crippen LogP contribution in [0.3, 0.4) is 0 Å². The van der Waals surface area contributed by atoms with E-state index < -0.39 is 11.8 Å². The Morgan fingerprint density at radius 3 is 2.68 bits per heavy atom. The molecule has 0 spiro atoms. The molecule has 6 nitrogen and oxygen atoms in total. The van der Waals surface area contributed by atoms with E-state index in [1.165, 1.54) is 58.8 Å². The minimum absolute atomic E-state index is 0.203. The van der Waals surface area contributed by atoms with E-state index in [4.69, 9.17) is 0 Å². The Morgan fingerprint density at radius 2 is 1.96 bits per heavy atom. The molecule has 0 bridgehead atoms. The largest absolute Gasteiger partial charge is 0.295 e. The van der Waals surface area contributed by atoms with Crippen LogP contribution in [-0.2, 0) is 4.79 Å². The van der Waals surface area contributed by atoms with Gasteiger partial charge in [-0.15, -0.1) is 11.3 Å². The van der Waals surface area contributed by atoms with Crippen molar-refractivity contribution in [2.45, 2.75) is 0 Å². The molecule has 0 aliphatic heterocycles. The predicted molar refractivity (Wildman–Crippen MR) is 92.5 cm³/mol. The molecule has 2 aromatic heterocycles. The maximum absolute atomic E-state index is 13.0. The number of carbonyl (C=O) groups excluding carboxylic acids is 2. The minimum atomic E-state index is -0.542. The van der Waals surface area contributed by atoms with Crippen molar-refractivity contribution >= 4 is 29.2 Å². The van der Waals surface area contributed by atoms with Crippen molar-refractivity contribution in [3.05, 3.63) is 76.8 Å². The van der Waals surface area contributed by atoms with E-state index in [1.807, 2.05) is 17.5 Å². The van der Waals surface area contributed by atoms with E-state index in [-0.39, 0.29) is 11.5 Å². The number of hydrogen-bond donors (Lipinski definition) is 2. The summed E-state index contributed by atoms with van der Waals surface area (Å²) in [5, 5.41) is 1.90. The number of rotatable bonds is 4. The Balaban J connectivity index is 1.63. The highest BCUT2D eigenvalue weighted by molar-refractivity contribution is 7.10. The molecule has 3 aromatic rings. The lowest BCUT2D eigenvalue weighted by Gasteiger charge is -2.09. The maximum atomic E-state index is 13.0. The van der Waals surface area contributed by atoms with Gasteiger partial charge in [0.1, 0.15) is 11.5 Å². The molecule has 2 N–H and O–H groups in total. The average molecular weight is 356 g/mol. The first kappa shape index (κ1) is 16.6. The van der Waals surface area contributed by atoms with E-state index in [1.54, 1.807) is 6.08 Å². The fourth-order valence-electron chi connectivity index (χ4n) is 2.04. The highest BCUT2D eigenvalue weighted by atomic mass is 32.1. The molecule has 0 aliphatic carbocycles. The summed E-state index contributed by atoms with van der Waals surface area (Å²) in [4.78, 5) is 28.8. The zero-order valence-corrected chi connectivity index (χ0v) is 13.7. The first-order chi connectivity index (χ1) is 12.1. The second-order valence-corrected chi connectivity index (χ2v) is 5.90. The van der Waals surface area contributed by atoms with Crippen LogP contribution in [0.1, 0.15) is 15.4 Å². The van der Waals surface area contributed by atoms with E-state index in [2.05, 4.69) is 15.8 Å². The lowest BCUT2D eigenvalue weighted by Crippen LogP contribution is -2.41. The van der Waals surface area contributed by atoms with E-state index in [0.717, 1.165) is 4.88 Å². The van der Waals surface area contributed by atoms with Gasteiger partial charge in [0.05, 0.1) is 12.5 Å². The number of amides is 2. The van der Waals surface area contributed by atoms with Crippen LogP contribution in [0, 0.1) is 5.82 Å². The molecule has 0 unspecified atom stereocenters. The van der Waals surface area contributed by atoms with Gasteiger partial charge in [0, 0.05) is 16.6 Å². The topological polar surface area (TPSA) is 76.0 Å². The van der Waals surface area contributed by atoms with Crippen LogP contribution in [0.5, 0.6) is 0 Å². The quantitative estimate of drug-likeness (QED) is 0.557. The molecule has 8 heteroatoms. The van der Waals surface area contributed by atoms with E-state index in [9.17, 15) is 14.0 Å². The Labute approximate surface area is 146 Å². The number of carbonyl (C=O) groups is 2. The molecule has 3 rings (SSSR count). The average Bonchev–Trinajstić information content (AvgIpc) is 3.30. The summed E-state index contributed by atoms with van der Waals surface area (Å²) < 4.78 is 14.5. The number of nitrogens with one attached hydrogen (secondary N) is 2. The van der Waals surface area contributed by atoms with Crippen molar-refractivity contribution in [1.29, 1.82) is 0 Å². The van der Waals surface area contributed by atoms with Crippen LogP contribution in [0.2, 0.25) is 0 Å². The third kappa shape index (κ3) is 4.18. The fourth-order valence-corrected chi connectivity index (χ4v) is 2.66. The number of aromatic nitrogens is 2. The molecular weight excluding hydrogens is 343 g/mol. The minimum Gasteiger partial charge on any atom is -0.295 e. The number of imidazole rings is 1. The van der Waals surface area contributed by atoms with Gasteiger partial charge in [-0.05, 0) is 41.8 Å². The van der Waals surface area contributed by atoms with Gasteiger partial charge in [-0.1, -0.05) is 6.07 Å². The van der Waals surface area contributed by atoms with Crippen LogP contribution in [-0.4, -0.2) is 21.4 Å². The van der Waals surface area contributed by atoms with Crippen molar-refractivity contribution in [2.24, 2.45) is 0 Å². The molecule has 0 fully saturated rings. The number of benzene rings is 1. The van der Waals surface area contributed by atoms with Gasteiger partial charge < -0.3 is 0 Å². The maximum Gasteiger partial charge on any atom is 0.288 e. The molecule has 0 radical (unpaired) electrons. The SMILES string of the molecule is O=C(/C=C/c1cccs1)NNC(=O)c1cncn1-c1ccc(F)cc1. The summed E-state index contributed by atoms with van der Waals surface area (Å²) in [6.07, 6.45) is 5.76. The zero-order chi connectivity index (χ0) is 17.6. The third-order valence-corrected chi connectivity index (χ3v) is 4.05. The molecule has 25 heavy (non-hydrogen) atoms. The van der Waals surface area contributed by atoms with Crippen LogP contribution in [0.15, 0.2) is 60.4 Å². The molecule has 2 amide bonds. The number of thiophene rings is 1. The van der Waals surface area contributed by atoms with Crippen molar-refractivity contribution in [1.82, 2.24) is 20.4 Å². The normalized spacial score (nSPS) is 10.8. The van der Waals surface area contributed by atoms with Crippen LogP contribution in [0.4, 0.5) is 4.39 Å². The number of hydrazine groups is 1. The van der Waals surface area contributed by atoms with Gasteiger partial charge in [-0.2, -0.15) is 0 Å². The fraction of sp³-hybridized carbons (Fsp3) is 0. The number of hydrogen-bond acceptors (Lipinski definition) is 4. The first-order valence-corrected chi connectivity index (χ1v) is 8.11. The summed E-state index contributed by atoms with van der Waals surface area (Å²) >= 11 is 1.50. The highest BCUT2D eigenvalue weighted by Gasteiger charge is 2.13. The molecule has 0 saturated heterocycles. The first-order valence-electron chi connectivity index (χ1n) is 7.23. The predicted octanol–water partition coefficient (Wildman–Crippen LogP) is 2.55. The van der Waals surface area contributed by atoms with Crippen molar-refractivity contribution in [3.8, 4) is 5.69 Å². The summed E-state index contributed by atoms with van der Waals surface area (Å²) in [6, 6.07) is 9.36. The molecule has 0 aliphatic rings. The molecule has 126 valence electrons. The third-order valence-electron chi connectivity index (χ3n) is 3.22. The smallest absolute Gasteiger partial charge is 0.288 e. The zero-order valence-electron chi connectivity index (χ0n) is 12.8. The van der Waals surface area contributed by atoms with Crippen molar-refractivity contribution in [2.75, 3.05) is 0 Å². The Hall–Kier alpha value is -3.26. The van der Waals surface area contributed by atoms with Crippen LogP contribution < -0.4 is 10.9 Å². The monoisotopic (exact) mass is 356 g/mol. The second kappa shape index (κ2) is 7.54. The summed E-state index contributed by atoms with van der Waals surface area (Å²) in [6.45, 7) is 0. The Kier molecular flexibility index (Phi) is 5.00. The van der Waals surface area contributed by atoms with E-state index >= 15 is 0 Å². The van der Waals surface area contributed by atoms with E-state index in [0.29, 0.717) is 5.69 Å². The number of nitrogens with zero attached hydrogens (tertiary/aromatic N) is 2. The van der Waals surface area contributed by atoms with Gasteiger partial charge >= 0.3 is 0 Å². The summed E-state index contributed by atoms with van der Waals surface area (Å²) in [7, 11) is 0. The second-order valence-electron chi connectivity index (χ2n) is 4.92. The van der Waals surface area contributed by atoms with Gasteiger partial charge in [-0.25, -0.2) is 9.37 Å². The van der Waals surface area contributed by atoms with Crippen molar-refractivity contribution < 1.29 is 14.0 Å². The Morgan fingerprint density at radius 1 is 1.16 bits per heavy atom. The van der Waals surface area contributed by atoms with Crippen LogP contribution >= 0.6 is 11.3 Å². The van der Waals surface area contributed by atoms with Gasteiger partial charge in [0.25, 0.3) is 11.8 Å². The molecule has 0 atom stereocenters. The summed E-state index contributed by atoms with van der Waals surface area (Å²) in [5.74, 6) is -1.38. The standard InChI is InChI=1S/C17H13FN4O2S/c18-12-3-5-13(6-4-12)22-11-19-10-15(22)17(24)21-20-16(23)8-7-14-2-1-9-25-14/h1-11H,(H,20,23)(H,21,24)/b8-7+. The lowest BCUT2D eigenvalue weighted by atomic mass is 10.3. The van der Waals surface area contributed by atoms with Gasteiger partial charge in [0.2, 0.25) is 0 Å². The summed E-state index contributed by atoms with van der Waals surface area (Å²) in [5.41, 5.74) is 5.39. The lowest BCUT2D eigenvalue weighted by molar-refractivity contribution is -0.117. The molecule has 1 aromatic carbocycles.